The predicted octanol–water partition coefficient (Wildman–Crippen LogP) is 7.29. The fourth-order valence-electron chi connectivity index (χ4n) is 7.28. The minimum absolute atomic E-state index is 0.0133. The number of nitrogens with one attached hydrogen (secondary N) is 1. The van der Waals surface area contributed by atoms with Crippen molar-refractivity contribution in [1.29, 1.82) is 0 Å². The van der Waals surface area contributed by atoms with Gasteiger partial charge in [-0.05, 0) is 68.1 Å². The Morgan fingerprint density at radius 2 is 1.14 bits per heavy atom. The van der Waals surface area contributed by atoms with Gasteiger partial charge in [-0.3, -0.25) is 14.7 Å². The SMILES string of the molecule is CC(C)(C)OC(=O)N[C@@H](CO[C@H]1O[C@H](COO[Si](c2ccccc2)(c2ccccc2)C(C)(C)C)[C@H](OCc2ccccc2)[C@H](OCc2ccccc2)[C@H]1[N+](=O)[O-])C(=O)OC(C)(C)C. The van der Waals surface area contributed by atoms with Crippen molar-refractivity contribution in [2.45, 2.75) is 128 Å². The molecule has 14 nitrogen and oxygen atoms in total. The number of alkyl carbamates (subject to hydrolysis) is 1. The van der Waals surface area contributed by atoms with Crippen molar-refractivity contribution in [2.75, 3.05) is 13.2 Å². The van der Waals surface area contributed by atoms with Crippen LogP contribution in [0.15, 0.2) is 121 Å². The number of hydrogen-bond acceptors (Lipinski definition) is 12. The molecule has 1 saturated heterocycles. The van der Waals surface area contributed by atoms with Crippen LogP contribution >= 0.6 is 0 Å². The average Bonchev–Trinajstić information content (AvgIpc) is 3.22. The van der Waals surface area contributed by atoms with Crippen LogP contribution in [-0.4, -0.2) is 86.4 Å². The average molecular weight is 887 g/mol. The highest BCUT2D eigenvalue weighted by molar-refractivity contribution is 6.99. The van der Waals surface area contributed by atoms with Crippen LogP contribution in [0.3, 0.4) is 0 Å². The molecule has 0 unspecified atom stereocenters. The molecule has 0 bridgehead atoms. The number of benzene rings is 4. The van der Waals surface area contributed by atoms with E-state index in [-0.39, 0.29) is 19.8 Å². The van der Waals surface area contributed by atoms with Gasteiger partial charge in [-0.2, -0.15) is 0 Å². The summed E-state index contributed by atoms with van der Waals surface area (Å²) in [7, 11) is -3.24. The number of carbonyl (C=O) groups is 2. The van der Waals surface area contributed by atoms with Crippen LogP contribution in [0.25, 0.3) is 0 Å². The van der Waals surface area contributed by atoms with E-state index in [9.17, 15) is 19.7 Å². The molecule has 0 saturated carbocycles. The molecule has 0 aliphatic carbocycles. The fraction of sp³-hybridized carbons (Fsp3) is 0.458. The molecular formula is C48H62N2O12Si. The van der Waals surface area contributed by atoms with Gasteiger partial charge in [0.15, 0.2) is 12.1 Å². The van der Waals surface area contributed by atoms with Gasteiger partial charge in [-0.15, -0.1) is 0 Å². The molecule has 5 rings (SSSR count). The first-order chi connectivity index (χ1) is 29.8. The maximum absolute atomic E-state index is 13.5. The summed E-state index contributed by atoms with van der Waals surface area (Å²) in [5.41, 5.74) is -0.260. The Bertz CT molecular complexity index is 2000. The maximum atomic E-state index is 13.5. The summed E-state index contributed by atoms with van der Waals surface area (Å²) < 4.78 is 43.6. The second-order valence-electron chi connectivity index (χ2n) is 18.4. The molecule has 1 aliphatic heterocycles. The summed E-state index contributed by atoms with van der Waals surface area (Å²) >= 11 is 0. The highest BCUT2D eigenvalue weighted by Crippen LogP contribution is 2.38. The third-order valence-corrected chi connectivity index (χ3v) is 14.8. The lowest BCUT2D eigenvalue weighted by atomic mass is 9.96. The van der Waals surface area contributed by atoms with E-state index in [1.165, 1.54) is 0 Å². The Morgan fingerprint density at radius 3 is 1.59 bits per heavy atom. The van der Waals surface area contributed by atoms with Gasteiger partial charge in [0.1, 0.15) is 30.0 Å². The largest absolute Gasteiger partial charge is 0.458 e. The Balaban J connectivity index is 1.54. The lowest BCUT2D eigenvalue weighted by Crippen LogP contribution is -2.67. The number of ether oxygens (including phenoxy) is 6. The molecule has 4 aromatic carbocycles. The highest BCUT2D eigenvalue weighted by atomic mass is 28.4. The third kappa shape index (κ3) is 13.7. The van der Waals surface area contributed by atoms with Crippen molar-refractivity contribution < 1.29 is 52.4 Å². The van der Waals surface area contributed by atoms with E-state index in [1.807, 2.05) is 121 Å². The summed E-state index contributed by atoms with van der Waals surface area (Å²) in [6, 6.07) is 35.3. The standard InChI is InChI=1S/C48H62N2O12Si/c1-46(2,3)60-43(51)38(49-45(52)61-47(4,5)6)32-57-44-40(50(53)54)42(56-31-35-24-16-11-17-25-35)41(55-30-34-22-14-10-15-23-34)39(59-44)33-58-62-63(48(7,8)9,36-26-18-12-19-27-36)37-28-20-13-21-29-37/h10-29,38-42,44H,30-33H2,1-9H3,(H,49,52)/t38-,39+,40+,41-,42+,44-/m0/s1. The number of hydrogen-bond donors (Lipinski definition) is 1. The van der Waals surface area contributed by atoms with E-state index < -0.39 is 84.8 Å². The Labute approximate surface area is 371 Å². The molecule has 1 aliphatic rings. The van der Waals surface area contributed by atoms with Gasteiger partial charge >= 0.3 is 20.4 Å². The van der Waals surface area contributed by atoms with Crippen molar-refractivity contribution in [3.63, 3.8) is 0 Å². The number of rotatable bonds is 18. The van der Waals surface area contributed by atoms with Crippen molar-refractivity contribution in [3.8, 4) is 0 Å². The zero-order chi connectivity index (χ0) is 45.8. The minimum Gasteiger partial charge on any atom is -0.458 e. The Morgan fingerprint density at radius 1 is 0.683 bits per heavy atom. The Kier molecular flexibility index (Phi) is 16.8. The third-order valence-electron chi connectivity index (χ3n) is 10.1. The molecule has 63 heavy (non-hydrogen) atoms. The lowest BCUT2D eigenvalue weighted by Gasteiger charge is -2.44. The van der Waals surface area contributed by atoms with Gasteiger partial charge in [0.2, 0.25) is 6.29 Å². The van der Waals surface area contributed by atoms with Crippen molar-refractivity contribution >= 4 is 30.8 Å². The van der Waals surface area contributed by atoms with E-state index >= 15 is 0 Å². The summed E-state index contributed by atoms with van der Waals surface area (Å²) in [6.07, 6.45) is -6.05. The molecule has 0 aromatic heterocycles. The zero-order valence-electron chi connectivity index (χ0n) is 37.7. The summed E-state index contributed by atoms with van der Waals surface area (Å²) in [5.74, 6) is -0.846. The topological polar surface area (TPSA) is 163 Å². The monoisotopic (exact) mass is 886 g/mol. The molecule has 6 atom stereocenters. The smallest absolute Gasteiger partial charge is 0.408 e. The van der Waals surface area contributed by atoms with E-state index in [0.717, 1.165) is 21.5 Å². The van der Waals surface area contributed by atoms with Gasteiger partial charge in [0, 0.05) is 4.92 Å². The first-order valence-electron chi connectivity index (χ1n) is 21.1. The minimum atomic E-state index is -3.24. The van der Waals surface area contributed by atoms with Crippen molar-refractivity contribution in [2.24, 2.45) is 0 Å². The van der Waals surface area contributed by atoms with E-state index in [1.54, 1.807) is 41.5 Å². The van der Waals surface area contributed by atoms with Gasteiger partial charge < -0.3 is 33.7 Å². The van der Waals surface area contributed by atoms with Crippen LogP contribution in [0.5, 0.6) is 0 Å². The van der Waals surface area contributed by atoms with E-state index in [0.29, 0.717) is 0 Å². The molecule has 1 heterocycles. The van der Waals surface area contributed by atoms with Gasteiger partial charge in [0.05, 0.1) is 19.8 Å². The first kappa shape index (κ1) is 49.0. The molecule has 340 valence electrons. The van der Waals surface area contributed by atoms with E-state index in [2.05, 4.69) is 26.1 Å². The van der Waals surface area contributed by atoms with Crippen LogP contribution in [0.4, 0.5) is 4.79 Å². The number of amides is 1. The normalized spacial score (nSPS) is 20.0. The summed E-state index contributed by atoms with van der Waals surface area (Å²) in [4.78, 5) is 45.6. The van der Waals surface area contributed by atoms with Crippen LogP contribution in [0, 0.1) is 10.1 Å². The van der Waals surface area contributed by atoms with E-state index in [4.69, 9.17) is 37.9 Å². The molecule has 4 aromatic rings. The molecule has 1 N–H and O–H groups in total. The number of nitro groups is 1. The molecule has 1 amide bonds. The summed E-state index contributed by atoms with van der Waals surface area (Å²) in [5, 5.41) is 17.3. The number of nitrogens with zero attached hydrogens (tertiary/aromatic N) is 1. The zero-order valence-corrected chi connectivity index (χ0v) is 38.7. The molecule has 15 heteroatoms. The summed E-state index contributed by atoms with van der Waals surface area (Å²) in [6.45, 7) is 15.6. The fourth-order valence-corrected chi connectivity index (χ4v) is 11.4. The second-order valence-corrected chi connectivity index (χ2v) is 22.6. The van der Waals surface area contributed by atoms with Crippen molar-refractivity contribution in [3.05, 3.63) is 143 Å². The highest BCUT2D eigenvalue weighted by Gasteiger charge is 2.56. The van der Waals surface area contributed by atoms with Crippen LogP contribution < -0.4 is 15.7 Å². The quantitative estimate of drug-likeness (QED) is 0.0350. The van der Waals surface area contributed by atoms with Crippen LogP contribution in [0.2, 0.25) is 5.04 Å². The molecule has 0 spiro atoms. The predicted molar refractivity (Wildman–Crippen MR) is 239 cm³/mol. The molecular weight excluding hydrogens is 825 g/mol. The van der Waals surface area contributed by atoms with Crippen LogP contribution in [-0.2, 0) is 55.9 Å². The molecule has 1 fully saturated rings. The number of esters is 1. The molecule has 0 radical (unpaired) electrons. The number of carbonyl (C=O) groups excluding carboxylic acids is 2. The first-order valence-corrected chi connectivity index (χ1v) is 23.0. The van der Waals surface area contributed by atoms with Gasteiger partial charge in [0.25, 0.3) is 6.04 Å². The van der Waals surface area contributed by atoms with Gasteiger partial charge in [-0.1, -0.05) is 142 Å². The second kappa shape index (κ2) is 21.6. The van der Waals surface area contributed by atoms with Crippen molar-refractivity contribution in [1.82, 2.24) is 5.32 Å². The van der Waals surface area contributed by atoms with Gasteiger partial charge in [-0.25, -0.2) is 14.5 Å². The maximum Gasteiger partial charge on any atom is 0.408 e. The van der Waals surface area contributed by atoms with Crippen LogP contribution in [0.1, 0.15) is 73.4 Å². The Hall–Kier alpha value is -5.00. The lowest BCUT2D eigenvalue weighted by molar-refractivity contribution is -0.577.